The molecule has 4 N–H and O–H groups in total. The zero-order valence-corrected chi connectivity index (χ0v) is 14.6. The number of amides is 3. The fourth-order valence-electron chi connectivity index (χ4n) is 3.51. The van der Waals surface area contributed by atoms with Crippen molar-refractivity contribution < 1.29 is 9.59 Å². The molecule has 2 fully saturated rings. The molecule has 2 aromatic rings. The summed E-state index contributed by atoms with van der Waals surface area (Å²) in [5, 5.41) is 9.34. The molecule has 2 aliphatic rings. The van der Waals surface area contributed by atoms with Crippen molar-refractivity contribution >= 4 is 40.4 Å². The van der Waals surface area contributed by atoms with Crippen LogP contribution in [0.15, 0.2) is 24.5 Å². The number of imidazole rings is 1. The number of carbonyl (C=O) groups is 2. The molecule has 8 heteroatoms. The van der Waals surface area contributed by atoms with Crippen molar-refractivity contribution in [2.45, 2.75) is 43.0 Å². The third kappa shape index (κ3) is 3.58. The number of hydrogen-bond acceptors (Lipinski definition) is 4. The van der Waals surface area contributed by atoms with Crippen molar-refractivity contribution in [3.05, 3.63) is 24.5 Å². The summed E-state index contributed by atoms with van der Waals surface area (Å²) in [6.45, 7) is 0. The Balaban J connectivity index is 1.19. The van der Waals surface area contributed by atoms with Gasteiger partial charge in [0.2, 0.25) is 5.91 Å². The summed E-state index contributed by atoms with van der Waals surface area (Å²) in [5.41, 5.74) is 2.59. The minimum absolute atomic E-state index is 0.0339. The summed E-state index contributed by atoms with van der Waals surface area (Å²) < 4.78 is 0. The molecule has 4 rings (SSSR count). The normalized spacial score (nSPS) is 24.8. The quantitative estimate of drug-likeness (QED) is 0.469. The van der Waals surface area contributed by atoms with E-state index in [0.29, 0.717) is 11.7 Å². The summed E-state index contributed by atoms with van der Waals surface area (Å²) in [7, 11) is 0. The standard InChI is InChI=1S/C17H21N5O2S/c23-15(20-10-5-6-11-12(7-10)19-9-18-11)4-2-1-3-14-16-13(8-25-14)21-17(24)22-16/h5-7,9,13-14,16H,1-4,8H2,(H,18,19)(H,20,23)(H2,21,22,24). The lowest BCUT2D eigenvalue weighted by Crippen LogP contribution is -2.36. The molecule has 1 aromatic carbocycles. The lowest BCUT2D eigenvalue weighted by Gasteiger charge is -2.16. The average molecular weight is 359 g/mol. The molecule has 3 atom stereocenters. The van der Waals surface area contributed by atoms with E-state index in [2.05, 4.69) is 25.9 Å². The number of aromatic amines is 1. The molecule has 0 spiro atoms. The molecule has 3 unspecified atom stereocenters. The van der Waals surface area contributed by atoms with Gasteiger partial charge in [-0.1, -0.05) is 6.42 Å². The minimum atomic E-state index is -0.0473. The lowest BCUT2D eigenvalue weighted by molar-refractivity contribution is -0.116. The van der Waals surface area contributed by atoms with Crippen LogP contribution in [0.3, 0.4) is 0 Å². The first-order valence-electron chi connectivity index (χ1n) is 8.61. The number of anilines is 1. The summed E-state index contributed by atoms with van der Waals surface area (Å²) in [5.74, 6) is 1.01. The van der Waals surface area contributed by atoms with Crippen molar-refractivity contribution in [1.82, 2.24) is 20.6 Å². The van der Waals surface area contributed by atoms with Crippen molar-refractivity contribution in [3.8, 4) is 0 Å². The van der Waals surface area contributed by atoms with E-state index in [-0.39, 0.29) is 24.0 Å². The monoisotopic (exact) mass is 359 g/mol. The van der Waals surface area contributed by atoms with E-state index in [1.54, 1.807) is 6.33 Å². The first-order valence-corrected chi connectivity index (χ1v) is 9.65. The Labute approximate surface area is 149 Å². The maximum Gasteiger partial charge on any atom is 0.315 e. The second kappa shape index (κ2) is 6.95. The van der Waals surface area contributed by atoms with Gasteiger partial charge in [0.05, 0.1) is 29.4 Å². The van der Waals surface area contributed by atoms with Crippen LogP contribution in [-0.2, 0) is 4.79 Å². The highest BCUT2D eigenvalue weighted by atomic mass is 32.2. The van der Waals surface area contributed by atoms with Crippen LogP contribution in [-0.4, -0.2) is 45.0 Å². The Morgan fingerprint density at radius 1 is 1.32 bits per heavy atom. The molecular weight excluding hydrogens is 338 g/mol. The zero-order chi connectivity index (χ0) is 17.2. The highest BCUT2D eigenvalue weighted by molar-refractivity contribution is 8.00. The van der Waals surface area contributed by atoms with Gasteiger partial charge >= 0.3 is 6.03 Å². The Morgan fingerprint density at radius 2 is 2.24 bits per heavy atom. The van der Waals surface area contributed by atoms with Gasteiger partial charge in [-0.3, -0.25) is 4.79 Å². The molecule has 7 nitrogen and oxygen atoms in total. The molecule has 0 radical (unpaired) electrons. The molecule has 3 amide bonds. The van der Waals surface area contributed by atoms with E-state index < -0.39 is 0 Å². The summed E-state index contributed by atoms with van der Waals surface area (Å²) in [6.07, 6.45) is 5.03. The van der Waals surface area contributed by atoms with Gasteiger partial charge in [0.25, 0.3) is 0 Å². The van der Waals surface area contributed by atoms with Crippen LogP contribution in [0.2, 0.25) is 0 Å². The lowest BCUT2D eigenvalue weighted by atomic mass is 10.0. The fourth-order valence-corrected chi connectivity index (χ4v) is 5.05. The molecular formula is C17H21N5O2S. The SMILES string of the molecule is O=C(CCCCC1SCC2NC(=O)NC21)Nc1ccc2nc[nH]c2c1. The van der Waals surface area contributed by atoms with E-state index in [1.807, 2.05) is 30.0 Å². The van der Waals surface area contributed by atoms with Crippen molar-refractivity contribution in [2.24, 2.45) is 0 Å². The van der Waals surface area contributed by atoms with Crippen LogP contribution < -0.4 is 16.0 Å². The number of aromatic nitrogens is 2. The zero-order valence-electron chi connectivity index (χ0n) is 13.7. The fraction of sp³-hybridized carbons (Fsp3) is 0.471. The second-order valence-electron chi connectivity index (χ2n) is 6.55. The highest BCUT2D eigenvalue weighted by Gasteiger charge is 2.42. The summed E-state index contributed by atoms with van der Waals surface area (Å²) >= 11 is 1.91. The molecule has 3 heterocycles. The van der Waals surface area contributed by atoms with Gasteiger partial charge in [0, 0.05) is 23.1 Å². The van der Waals surface area contributed by atoms with Crippen molar-refractivity contribution in [3.63, 3.8) is 0 Å². The molecule has 0 aliphatic carbocycles. The first kappa shape index (κ1) is 16.3. The number of unbranched alkanes of at least 4 members (excludes halogenated alkanes) is 1. The van der Waals surface area contributed by atoms with E-state index >= 15 is 0 Å². The first-order chi connectivity index (χ1) is 12.2. The van der Waals surface area contributed by atoms with Crippen LogP contribution in [0.1, 0.15) is 25.7 Å². The molecule has 132 valence electrons. The number of hydrogen-bond donors (Lipinski definition) is 4. The summed E-state index contributed by atoms with van der Waals surface area (Å²) in [6, 6.07) is 6.11. The molecule has 1 aromatic heterocycles. The van der Waals surface area contributed by atoms with Crippen molar-refractivity contribution in [2.75, 3.05) is 11.1 Å². The number of thioether (sulfide) groups is 1. The predicted octanol–water partition coefficient (Wildman–Crippen LogP) is 2.23. The molecule has 25 heavy (non-hydrogen) atoms. The van der Waals surface area contributed by atoms with Crippen LogP contribution in [0.25, 0.3) is 11.0 Å². The van der Waals surface area contributed by atoms with Crippen LogP contribution in [0, 0.1) is 0 Å². The molecule has 0 bridgehead atoms. The van der Waals surface area contributed by atoms with Crippen LogP contribution in [0.5, 0.6) is 0 Å². The summed E-state index contributed by atoms with van der Waals surface area (Å²) in [4.78, 5) is 30.7. The molecule has 0 saturated carbocycles. The topological polar surface area (TPSA) is 98.9 Å². The number of nitrogens with one attached hydrogen (secondary N) is 4. The second-order valence-corrected chi connectivity index (χ2v) is 7.82. The molecule has 2 saturated heterocycles. The van der Waals surface area contributed by atoms with Gasteiger partial charge in [-0.15, -0.1) is 0 Å². The van der Waals surface area contributed by atoms with Crippen molar-refractivity contribution in [1.29, 1.82) is 0 Å². The van der Waals surface area contributed by atoms with Gasteiger partial charge in [-0.05, 0) is 31.0 Å². The van der Waals surface area contributed by atoms with E-state index in [0.717, 1.165) is 41.7 Å². The molecule has 2 aliphatic heterocycles. The predicted molar refractivity (Wildman–Crippen MR) is 98.7 cm³/mol. The highest BCUT2D eigenvalue weighted by Crippen LogP contribution is 2.33. The van der Waals surface area contributed by atoms with Gasteiger partial charge in [0.1, 0.15) is 0 Å². The maximum absolute atomic E-state index is 12.1. The van der Waals surface area contributed by atoms with E-state index in [9.17, 15) is 9.59 Å². The largest absolute Gasteiger partial charge is 0.345 e. The Morgan fingerprint density at radius 3 is 3.16 bits per heavy atom. The number of fused-ring (bicyclic) bond motifs is 2. The number of urea groups is 1. The van der Waals surface area contributed by atoms with Crippen LogP contribution in [0.4, 0.5) is 10.5 Å². The third-order valence-corrected chi connectivity index (χ3v) is 6.29. The minimum Gasteiger partial charge on any atom is -0.345 e. The van der Waals surface area contributed by atoms with E-state index in [1.165, 1.54) is 0 Å². The Hall–Kier alpha value is -2.22. The van der Waals surface area contributed by atoms with E-state index in [4.69, 9.17) is 0 Å². The average Bonchev–Trinajstić information content (AvgIpc) is 3.27. The van der Waals surface area contributed by atoms with Gasteiger partial charge in [0.15, 0.2) is 0 Å². The Kier molecular flexibility index (Phi) is 4.52. The maximum atomic E-state index is 12.1. The van der Waals surface area contributed by atoms with Crippen LogP contribution >= 0.6 is 11.8 Å². The van der Waals surface area contributed by atoms with Gasteiger partial charge < -0.3 is 20.9 Å². The number of nitrogens with zero attached hydrogens (tertiary/aromatic N) is 1. The number of benzene rings is 1. The Bertz CT molecular complexity index is 792. The smallest absolute Gasteiger partial charge is 0.315 e. The van der Waals surface area contributed by atoms with Gasteiger partial charge in [-0.2, -0.15) is 11.8 Å². The third-order valence-electron chi connectivity index (χ3n) is 4.78. The number of rotatable bonds is 6. The number of carbonyl (C=O) groups excluding carboxylic acids is 2. The number of H-pyrrole nitrogens is 1. The van der Waals surface area contributed by atoms with Gasteiger partial charge in [-0.25, -0.2) is 9.78 Å².